The van der Waals surface area contributed by atoms with Gasteiger partial charge in [0.05, 0.1) is 0 Å². The summed E-state index contributed by atoms with van der Waals surface area (Å²) in [7, 11) is 2.16. The van der Waals surface area contributed by atoms with Crippen LogP contribution in [0.25, 0.3) is 0 Å². The number of rotatable bonds is 4. The third-order valence-corrected chi connectivity index (χ3v) is 5.15. The van der Waals surface area contributed by atoms with Crippen molar-refractivity contribution >= 4 is 0 Å². The summed E-state index contributed by atoms with van der Waals surface area (Å²) < 4.78 is 5.44. The fourth-order valence-corrected chi connectivity index (χ4v) is 3.98. The van der Waals surface area contributed by atoms with E-state index in [1.807, 2.05) is 0 Å². The van der Waals surface area contributed by atoms with E-state index in [1.165, 1.54) is 32.1 Å². The van der Waals surface area contributed by atoms with Crippen molar-refractivity contribution in [1.82, 2.24) is 5.32 Å². The molecule has 0 aromatic heterocycles. The fraction of sp³-hybridized carbons (Fsp3) is 1.00. The Hall–Kier alpha value is -0.0800. The van der Waals surface area contributed by atoms with Crippen LogP contribution >= 0.6 is 0 Å². The van der Waals surface area contributed by atoms with Gasteiger partial charge in [0.1, 0.15) is 0 Å². The molecule has 0 spiro atoms. The molecule has 2 saturated carbocycles. The first-order valence-electron chi connectivity index (χ1n) is 7.12. The smallest absolute Gasteiger partial charge is 0.0468 e. The van der Waals surface area contributed by atoms with Gasteiger partial charge < -0.3 is 10.1 Å². The van der Waals surface area contributed by atoms with Crippen LogP contribution in [0.4, 0.5) is 0 Å². The Kier molecular flexibility index (Phi) is 3.21. The molecule has 1 N–H and O–H groups in total. The van der Waals surface area contributed by atoms with Crippen LogP contribution in [0.15, 0.2) is 0 Å². The number of nitrogens with one attached hydrogen (secondary N) is 1. The second-order valence-corrected chi connectivity index (χ2v) is 6.17. The standard InChI is InChI=1S/C14H25NO/c1-15-14(6-10-2-4-16-5-3-10)13-8-11-7-12(11)9-13/h10-15H,2-9H2,1H3. The van der Waals surface area contributed by atoms with Gasteiger partial charge in [-0.15, -0.1) is 0 Å². The van der Waals surface area contributed by atoms with Crippen LogP contribution in [0.5, 0.6) is 0 Å². The summed E-state index contributed by atoms with van der Waals surface area (Å²) in [6, 6.07) is 0.788. The van der Waals surface area contributed by atoms with E-state index in [9.17, 15) is 0 Å². The molecule has 0 amide bonds. The van der Waals surface area contributed by atoms with Crippen LogP contribution in [0.2, 0.25) is 0 Å². The third kappa shape index (κ3) is 2.28. The van der Waals surface area contributed by atoms with Crippen LogP contribution in [-0.4, -0.2) is 26.3 Å². The highest BCUT2D eigenvalue weighted by Crippen LogP contribution is 2.55. The summed E-state index contributed by atoms with van der Waals surface area (Å²) in [5.74, 6) is 4.14. The Morgan fingerprint density at radius 3 is 2.44 bits per heavy atom. The Morgan fingerprint density at radius 1 is 1.12 bits per heavy atom. The summed E-state index contributed by atoms with van der Waals surface area (Å²) >= 11 is 0. The maximum Gasteiger partial charge on any atom is 0.0468 e. The predicted molar refractivity (Wildman–Crippen MR) is 65.3 cm³/mol. The first kappa shape index (κ1) is 11.0. The lowest BCUT2D eigenvalue weighted by molar-refractivity contribution is 0.0580. The van der Waals surface area contributed by atoms with Crippen molar-refractivity contribution < 1.29 is 4.74 Å². The van der Waals surface area contributed by atoms with Gasteiger partial charge in [-0.05, 0) is 69.2 Å². The van der Waals surface area contributed by atoms with Gasteiger partial charge in [-0.1, -0.05) is 0 Å². The van der Waals surface area contributed by atoms with Gasteiger partial charge in [-0.2, -0.15) is 0 Å². The van der Waals surface area contributed by atoms with E-state index in [0.717, 1.165) is 42.9 Å². The van der Waals surface area contributed by atoms with Crippen molar-refractivity contribution in [3.8, 4) is 0 Å². The highest BCUT2D eigenvalue weighted by atomic mass is 16.5. The van der Waals surface area contributed by atoms with E-state index in [0.29, 0.717) is 0 Å². The normalized spacial score (nSPS) is 40.7. The minimum Gasteiger partial charge on any atom is -0.381 e. The topological polar surface area (TPSA) is 21.3 Å². The maximum absolute atomic E-state index is 5.44. The van der Waals surface area contributed by atoms with Crippen molar-refractivity contribution in [3.05, 3.63) is 0 Å². The third-order valence-electron chi connectivity index (χ3n) is 5.15. The molecule has 2 heteroatoms. The Balaban J connectivity index is 1.50. The van der Waals surface area contributed by atoms with Crippen molar-refractivity contribution in [2.24, 2.45) is 23.7 Å². The molecule has 2 nitrogen and oxygen atoms in total. The summed E-state index contributed by atoms with van der Waals surface area (Å²) in [6.45, 7) is 1.99. The van der Waals surface area contributed by atoms with E-state index in [4.69, 9.17) is 4.74 Å². The van der Waals surface area contributed by atoms with Gasteiger partial charge in [0.2, 0.25) is 0 Å². The van der Waals surface area contributed by atoms with E-state index in [2.05, 4.69) is 12.4 Å². The van der Waals surface area contributed by atoms with Gasteiger partial charge in [0.25, 0.3) is 0 Å². The quantitative estimate of drug-likeness (QED) is 0.790. The van der Waals surface area contributed by atoms with Crippen LogP contribution in [0.1, 0.15) is 38.5 Å². The first-order valence-corrected chi connectivity index (χ1v) is 7.12. The van der Waals surface area contributed by atoms with Crippen molar-refractivity contribution in [2.75, 3.05) is 20.3 Å². The monoisotopic (exact) mass is 223 g/mol. The van der Waals surface area contributed by atoms with Gasteiger partial charge in [0, 0.05) is 19.3 Å². The van der Waals surface area contributed by atoms with Gasteiger partial charge in [-0.25, -0.2) is 0 Å². The highest BCUT2D eigenvalue weighted by molar-refractivity contribution is 4.99. The molecule has 1 heterocycles. The number of hydrogen-bond donors (Lipinski definition) is 1. The van der Waals surface area contributed by atoms with Crippen LogP contribution in [0, 0.1) is 23.7 Å². The molecule has 0 radical (unpaired) electrons. The molecule has 3 unspecified atom stereocenters. The number of fused-ring (bicyclic) bond motifs is 1. The lowest BCUT2D eigenvalue weighted by Crippen LogP contribution is -2.36. The van der Waals surface area contributed by atoms with Crippen molar-refractivity contribution in [2.45, 2.75) is 44.6 Å². The molecule has 0 aromatic rings. The van der Waals surface area contributed by atoms with E-state index in [-0.39, 0.29) is 0 Å². The molecule has 1 saturated heterocycles. The summed E-state index contributed by atoms with van der Waals surface area (Å²) in [6.07, 6.45) is 8.54. The molecule has 3 atom stereocenters. The molecule has 0 aromatic carbocycles. The van der Waals surface area contributed by atoms with Crippen molar-refractivity contribution in [3.63, 3.8) is 0 Å². The summed E-state index contributed by atoms with van der Waals surface area (Å²) in [5.41, 5.74) is 0. The van der Waals surface area contributed by atoms with E-state index < -0.39 is 0 Å². The minimum atomic E-state index is 0.788. The Morgan fingerprint density at radius 2 is 1.81 bits per heavy atom. The van der Waals surface area contributed by atoms with Gasteiger partial charge >= 0.3 is 0 Å². The molecule has 0 bridgehead atoms. The van der Waals surface area contributed by atoms with Crippen LogP contribution < -0.4 is 5.32 Å². The fourth-order valence-electron chi connectivity index (χ4n) is 3.98. The molecular weight excluding hydrogens is 198 g/mol. The second kappa shape index (κ2) is 4.66. The van der Waals surface area contributed by atoms with E-state index >= 15 is 0 Å². The zero-order valence-electron chi connectivity index (χ0n) is 10.5. The molecule has 1 aliphatic heterocycles. The zero-order valence-corrected chi connectivity index (χ0v) is 10.5. The SMILES string of the molecule is CNC(CC1CCOCC1)C1CC2CC2C1. The van der Waals surface area contributed by atoms with E-state index in [1.54, 1.807) is 6.42 Å². The Labute approximate surface area is 99.1 Å². The molecule has 3 aliphatic rings. The predicted octanol–water partition coefficient (Wildman–Crippen LogP) is 2.44. The van der Waals surface area contributed by atoms with Gasteiger partial charge in [-0.3, -0.25) is 0 Å². The molecule has 3 rings (SSSR count). The average molecular weight is 223 g/mol. The summed E-state index contributed by atoms with van der Waals surface area (Å²) in [5, 5.41) is 3.59. The lowest BCUT2D eigenvalue weighted by atomic mass is 9.84. The lowest BCUT2D eigenvalue weighted by Gasteiger charge is -2.30. The summed E-state index contributed by atoms with van der Waals surface area (Å²) in [4.78, 5) is 0. The maximum atomic E-state index is 5.44. The van der Waals surface area contributed by atoms with Crippen molar-refractivity contribution in [1.29, 1.82) is 0 Å². The van der Waals surface area contributed by atoms with Crippen LogP contribution in [-0.2, 0) is 4.74 Å². The highest BCUT2D eigenvalue weighted by Gasteiger charge is 2.47. The largest absolute Gasteiger partial charge is 0.381 e. The number of ether oxygens (including phenoxy) is 1. The molecule has 92 valence electrons. The molecule has 2 aliphatic carbocycles. The second-order valence-electron chi connectivity index (χ2n) is 6.17. The first-order chi connectivity index (χ1) is 7.86. The molecular formula is C14H25NO. The molecule has 3 fully saturated rings. The van der Waals surface area contributed by atoms with Crippen LogP contribution in [0.3, 0.4) is 0 Å². The minimum absolute atomic E-state index is 0.788. The Bertz CT molecular complexity index is 227. The van der Waals surface area contributed by atoms with Gasteiger partial charge in [0.15, 0.2) is 0 Å². The zero-order chi connectivity index (χ0) is 11.0. The molecule has 16 heavy (non-hydrogen) atoms. The average Bonchev–Trinajstić information content (AvgIpc) is 2.94. The number of hydrogen-bond acceptors (Lipinski definition) is 2.